The summed E-state index contributed by atoms with van der Waals surface area (Å²) in [5, 5.41) is 3.00. The highest BCUT2D eigenvalue weighted by atomic mass is 32.2. The molecule has 3 aromatic rings. The minimum absolute atomic E-state index is 0.144. The standard InChI is InChI=1S/C33H41N3O7S/c1-3-4-18-34-33(38)31(23-26-8-6-5-7-9-26)36(24-27-10-12-28(41-2)13-11-27)32(37)25-43-29-14-16-30(17-15-29)44(39,40)35-19-21-42-22-20-35/h5-17,31H,3-4,18-25H2,1-2H3,(H,34,38). The summed E-state index contributed by atoms with van der Waals surface area (Å²) in [5.41, 5.74) is 1.75. The normalized spacial score (nSPS) is 14.4. The summed E-state index contributed by atoms with van der Waals surface area (Å²) >= 11 is 0. The zero-order valence-electron chi connectivity index (χ0n) is 25.3. The molecule has 0 saturated carbocycles. The molecule has 0 aliphatic carbocycles. The molecule has 44 heavy (non-hydrogen) atoms. The van der Waals surface area contributed by atoms with Crippen LogP contribution in [0.25, 0.3) is 0 Å². The fourth-order valence-corrected chi connectivity index (χ4v) is 6.27. The van der Waals surface area contributed by atoms with Gasteiger partial charge in [0, 0.05) is 32.6 Å². The molecule has 10 nitrogen and oxygen atoms in total. The van der Waals surface area contributed by atoms with E-state index in [2.05, 4.69) is 12.2 Å². The van der Waals surface area contributed by atoms with Crippen LogP contribution in [0, 0.1) is 0 Å². The Morgan fingerprint density at radius 3 is 2.23 bits per heavy atom. The first-order valence-corrected chi connectivity index (χ1v) is 16.3. The summed E-state index contributed by atoms with van der Waals surface area (Å²) in [4.78, 5) is 29.1. The third-order valence-electron chi connectivity index (χ3n) is 7.41. The Hall–Kier alpha value is -3.93. The van der Waals surface area contributed by atoms with Crippen molar-refractivity contribution in [1.82, 2.24) is 14.5 Å². The molecule has 11 heteroatoms. The number of morpholine rings is 1. The monoisotopic (exact) mass is 623 g/mol. The van der Waals surface area contributed by atoms with E-state index in [0.717, 1.165) is 24.0 Å². The minimum Gasteiger partial charge on any atom is -0.497 e. The molecule has 0 aromatic heterocycles. The first kappa shape index (κ1) is 33.0. The molecule has 1 aliphatic heterocycles. The second kappa shape index (κ2) is 16.2. The van der Waals surface area contributed by atoms with Crippen molar-refractivity contribution in [3.8, 4) is 11.5 Å². The Labute approximate surface area is 260 Å². The predicted molar refractivity (Wildman–Crippen MR) is 167 cm³/mol. The second-order valence-corrected chi connectivity index (χ2v) is 12.4. The van der Waals surface area contributed by atoms with Crippen LogP contribution in [0.3, 0.4) is 0 Å². The summed E-state index contributed by atoms with van der Waals surface area (Å²) in [6.45, 7) is 3.73. The van der Waals surface area contributed by atoms with Crippen LogP contribution in [0.5, 0.6) is 11.5 Å². The van der Waals surface area contributed by atoms with E-state index in [9.17, 15) is 18.0 Å². The number of methoxy groups -OCH3 is 1. The number of hydrogen-bond donors (Lipinski definition) is 1. The van der Waals surface area contributed by atoms with Gasteiger partial charge in [-0.1, -0.05) is 55.8 Å². The largest absolute Gasteiger partial charge is 0.497 e. The van der Waals surface area contributed by atoms with Crippen molar-refractivity contribution in [2.45, 2.75) is 43.7 Å². The predicted octanol–water partition coefficient (Wildman–Crippen LogP) is 3.65. The van der Waals surface area contributed by atoms with Crippen LogP contribution in [-0.2, 0) is 37.3 Å². The van der Waals surface area contributed by atoms with Crippen LogP contribution >= 0.6 is 0 Å². The summed E-state index contributed by atoms with van der Waals surface area (Å²) in [7, 11) is -2.07. The van der Waals surface area contributed by atoms with Gasteiger partial charge in [-0.2, -0.15) is 4.31 Å². The quantitative estimate of drug-likeness (QED) is 0.257. The molecule has 3 aromatic carbocycles. The molecule has 1 saturated heterocycles. The van der Waals surface area contributed by atoms with Gasteiger partial charge in [-0.25, -0.2) is 8.42 Å². The lowest BCUT2D eigenvalue weighted by atomic mass is 10.0. The highest BCUT2D eigenvalue weighted by Crippen LogP contribution is 2.22. The Balaban J connectivity index is 1.54. The number of sulfonamides is 1. The van der Waals surface area contributed by atoms with Gasteiger partial charge in [0.1, 0.15) is 17.5 Å². The molecule has 1 heterocycles. The summed E-state index contributed by atoms with van der Waals surface area (Å²) in [5.74, 6) is 0.419. The zero-order valence-corrected chi connectivity index (χ0v) is 26.1. The van der Waals surface area contributed by atoms with Crippen molar-refractivity contribution >= 4 is 21.8 Å². The van der Waals surface area contributed by atoms with Crippen molar-refractivity contribution < 1.29 is 32.2 Å². The second-order valence-electron chi connectivity index (χ2n) is 10.5. The lowest BCUT2D eigenvalue weighted by Gasteiger charge is -2.31. The van der Waals surface area contributed by atoms with Gasteiger partial charge in [0.25, 0.3) is 5.91 Å². The summed E-state index contributed by atoms with van der Waals surface area (Å²) < 4.78 is 43.7. The number of carbonyl (C=O) groups excluding carboxylic acids is 2. The highest BCUT2D eigenvalue weighted by Gasteiger charge is 2.31. The van der Waals surface area contributed by atoms with Crippen LogP contribution in [0.2, 0.25) is 0 Å². The highest BCUT2D eigenvalue weighted by molar-refractivity contribution is 7.89. The molecule has 1 fully saturated rings. The Bertz CT molecular complexity index is 1440. The van der Waals surface area contributed by atoms with Crippen LogP contribution in [-0.4, -0.2) is 82.0 Å². The van der Waals surface area contributed by atoms with Crippen molar-refractivity contribution in [3.63, 3.8) is 0 Å². The van der Waals surface area contributed by atoms with Crippen molar-refractivity contribution in [2.24, 2.45) is 0 Å². The molecule has 0 spiro atoms. The van der Waals surface area contributed by atoms with Gasteiger partial charge in [0.2, 0.25) is 15.9 Å². The molecular formula is C33H41N3O7S. The van der Waals surface area contributed by atoms with Gasteiger partial charge in [0.15, 0.2) is 6.61 Å². The van der Waals surface area contributed by atoms with E-state index in [4.69, 9.17) is 14.2 Å². The van der Waals surface area contributed by atoms with E-state index in [1.54, 1.807) is 12.0 Å². The number of nitrogens with one attached hydrogen (secondary N) is 1. The molecule has 0 radical (unpaired) electrons. The lowest BCUT2D eigenvalue weighted by Crippen LogP contribution is -2.51. The fourth-order valence-electron chi connectivity index (χ4n) is 4.86. The lowest BCUT2D eigenvalue weighted by molar-refractivity contribution is -0.142. The van der Waals surface area contributed by atoms with Gasteiger partial charge in [0.05, 0.1) is 25.2 Å². The first-order chi connectivity index (χ1) is 21.3. The van der Waals surface area contributed by atoms with Crippen molar-refractivity contribution in [3.05, 3.63) is 90.0 Å². The Morgan fingerprint density at radius 2 is 1.59 bits per heavy atom. The van der Waals surface area contributed by atoms with E-state index in [0.29, 0.717) is 50.8 Å². The summed E-state index contributed by atoms with van der Waals surface area (Å²) in [6.07, 6.45) is 2.09. The molecular weight excluding hydrogens is 582 g/mol. The van der Waals surface area contributed by atoms with Crippen LogP contribution in [0.15, 0.2) is 83.8 Å². The van der Waals surface area contributed by atoms with E-state index in [-0.39, 0.29) is 29.9 Å². The fraction of sp³-hybridized carbons (Fsp3) is 0.394. The van der Waals surface area contributed by atoms with E-state index in [1.165, 1.54) is 28.6 Å². The number of ether oxygens (including phenoxy) is 3. The van der Waals surface area contributed by atoms with Crippen molar-refractivity contribution in [1.29, 1.82) is 0 Å². The zero-order chi connectivity index (χ0) is 31.4. The van der Waals surface area contributed by atoms with Crippen LogP contribution in [0.4, 0.5) is 0 Å². The number of benzene rings is 3. The first-order valence-electron chi connectivity index (χ1n) is 14.9. The van der Waals surface area contributed by atoms with Gasteiger partial charge >= 0.3 is 0 Å². The number of hydrogen-bond acceptors (Lipinski definition) is 7. The van der Waals surface area contributed by atoms with Crippen molar-refractivity contribution in [2.75, 3.05) is 46.6 Å². The molecule has 1 N–H and O–H groups in total. The smallest absolute Gasteiger partial charge is 0.261 e. The van der Waals surface area contributed by atoms with Gasteiger partial charge < -0.3 is 24.4 Å². The van der Waals surface area contributed by atoms with Gasteiger partial charge in [-0.05, 0) is 53.9 Å². The molecule has 236 valence electrons. The van der Waals surface area contributed by atoms with E-state index < -0.39 is 16.1 Å². The SMILES string of the molecule is CCCCNC(=O)C(Cc1ccccc1)N(Cc1ccc(OC)cc1)C(=O)COc1ccc(S(=O)(=O)N2CCOCC2)cc1. The number of carbonyl (C=O) groups is 2. The average Bonchev–Trinajstić information content (AvgIpc) is 3.06. The summed E-state index contributed by atoms with van der Waals surface area (Å²) in [6, 6.07) is 22.2. The maximum absolute atomic E-state index is 13.8. The van der Waals surface area contributed by atoms with Crippen LogP contribution in [0.1, 0.15) is 30.9 Å². The number of rotatable bonds is 15. The Morgan fingerprint density at radius 1 is 0.932 bits per heavy atom. The molecule has 4 rings (SSSR count). The third-order valence-corrected chi connectivity index (χ3v) is 9.32. The maximum atomic E-state index is 13.8. The molecule has 2 amide bonds. The minimum atomic E-state index is -3.65. The number of amides is 2. The molecule has 1 aliphatic rings. The maximum Gasteiger partial charge on any atom is 0.261 e. The van der Waals surface area contributed by atoms with Crippen LogP contribution < -0.4 is 14.8 Å². The van der Waals surface area contributed by atoms with Gasteiger partial charge in [-0.3, -0.25) is 9.59 Å². The van der Waals surface area contributed by atoms with Gasteiger partial charge in [-0.15, -0.1) is 0 Å². The van der Waals surface area contributed by atoms with E-state index >= 15 is 0 Å². The average molecular weight is 624 g/mol. The third kappa shape index (κ3) is 9.04. The van der Waals surface area contributed by atoms with E-state index in [1.807, 2.05) is 54.6 Å². The number of unbranched alkanes of at least 4 members (excludes halogenated alkanes) is 1. The Kier molecular flexibility index (Phi) is 12.2. The topological polar surface area (TPSA) is 114 Å². The molecule has 1 atom stereocenters. The number of nitrogens with zero attached hydrogens (tertiary/aromatic N) is 2. The molecule has 0 bridgehead atoms. The molecule has 1 unspecified atom stereocenters.